The van der Waals surface area contributed by atoms with Gasteiger partial charge in [0.05, 0.1) is 7.11 Å². The fourth-order valence-corrected chi connectivity index (χ4v) is 2.06. The summed E-state index contributed by atoms with van der Waals surface area (Å²) in [5.74, 6) is 1.96. The van der Waals surface area contributed by atoms with Gasteiger partial charge in [-0.25, -0.2) is 9.97 Å². The number of halogens is 1. The van der Waals surface area contributed by atoms with Crippen molar-refractivity contribution >= 4 is 22.8 Å². The molecule has 0 amide bonds. The van der Waals surface area contributed by atoms with Gasteiger partial charge >= 0.3 is 0 Å². The fraction of sp³-hybridized carbons (Fsp3) is 0.545. The number of aromatic nitrogens is 4. The summed E-state index contributed by atoms with van der Waals surface area (Å²) in [7, 11) is 1.58. The van der Waals surface area contributed by atoms with Crippen molar-refractivity contribution < 1.29 is 4.74 Å². The van der Waals surface area contributed by atoms with E-state index in [4.69, 9.17) is 16.3 Å². The number of ether oxygens (including phenoxy) is 1. The van der Waals surface area contributed by atoms with Crippen LogP contribution in [0.2, 0.25) is 0 Å². The predicted octanol–water partition coefficient (Wildman–Crippen LogP) is 2.20. The molecule has 0 fully saturated rings. The van der Waals surface area contributed by atoms with Crippen molar-refractivity contribution in [2.75, 3.05) is 13.0 Å². The van der Waals surface area contributed by atoms with Crippen molar-refractivity contribution in [3.63, 3.8) is 0 Å². The fourth-order valence-electron chi connectivity index (χ4n) is 1.89. The summed E-state index contributed by atoms with van der Waals surface area (Å²) in [6, 6.07) is 0.276. The number of methoxy groups -OCH3 is 1. The highest BCUT2D eigenvalue weighted by atomic mass is 35.5. The van der Waals surface area contributed by atoms with E-state index < -0.39 is 0 Å². The van der Waals surface area contributed by atoms with Crippen LogP contribution in [0.4, 0.5) is 0 Å². The first-order valence-corrected chi connectivity index (χ1v) is 6.04. The smallest absolute Gasteiger partial charge is 0.245 e. The first-order valence-electron chi connectivity index (χ1n) is 5.50. The normalized spacial score (nSPS) is 11.4. The second kappa shape index (κ2) is 4.87. The minimum atomic E-state index is 0.276. The largest absolute Gasteiger partial charge is 0.479 e. The molecule has 0 radical (unpaired) electrons. The van der Waals surface area contributed by atoms with Gasteiger partial charge in [0.25, 0.3) is 0 Å². The Bertz CT molecular complexity index is 523. The molecule has 0 aliphatic carbocycles. The van der Waals surface area contributed by atoms with Gasteiger partial charge in [0.1, 0.15) is 12.2 Å². The lowest BCUT2D eigenvalue weighted by Crippen LogP contribution is -2.07. The van der Waals surface area contributed by atoms with Crippen LogP contribution in [0.5, 0.6) is 5.88 Å². The first kappa shape index (κ1) is 12.1. The Morgan fingerprint density at radius 2 is 2.18 bits per heavy atom. The molecule has 0 aliphatic rings. The quantitative estimate of drug-likeness (QED) is 0.785. The molecular formula is C11H15ClN4O. The molecule has 0 saturated carbocycles. The van der Waals surface area contributed by atoms with Crippen molar-refractivity contribution in [3.8, 4) is 5.88 Å². The maximum absolute atomic E-state index is 5.79. The molecule has 0 saturated heterocycles. The second-order valence-electron chi connectivity index (χ2n) is 3.99. The van der Waals surface area contributed by atoms with Gasteiger partial charge in [-0.3, -0.25) is 0 Å². The highest BCUT2D eigenvalue weighted by Gasteiger charge is 2.17. The summed E-state index contributed by atoms with van der Waals surface area (Å²) in [5.41, 5.74) is 1.50. The molecule has 6 heteroatoms. The van der Waals surface area contributed by atoms with Crippen LogP contribution in [0.1, 0.15) is 25.7 Å². The molecule has 2 heterocycles. The van der Waals surface area contributed by atoms with Crippen LogP contribution in [-0.4, -0.2) is 32.5 Å². The standard InChI is InChI=1S/C11H15ClN4O/c1-7(2)16-8(4-5-12)15-9-10(16)13-6-14-11(9)17-3/h6-7H,4-5H2,1-3H3. The Balaban J connectivity index is 2.69. The van der Waals surface area contributed by atoms with E-state index in [0.717, 1.165) is 11.5 Å². The van der Waals surface area contributed by atoms with Crippen molar-refractivity contribution in [1.82, 2.24) is 19.5 Å². The van der Waals surface area contributed by atoms with Crippen LogP contribution in [0.15, 0.2) is 6.33 Å². The zero-order chi connectivity index (χ0) is 12.4. The van der Waals surface area contributed by atoms with Crippen molar-refractivity contribution in [2.45, 2.75) is 26.3 Å². The Morgan fingerprint density at radius 3 is 2.76 bits per heavy atom. The van der Waals surface area contributed by atoms with Crippen molar-refractivity contribution in [3.05, 3.63) is 12.2 Å². The van der Waals surface area contributed by atoms with E-state index in [9.17, 15) is 0 Å². The average molecular weight is 255 g/mol. The van der Waals surface area contributed by atoms with E-state index in [-0.39, 0.29) is 6.04 Å². The average Bonchev–Trinajstić information content (AvgIpc) is 2.67. The number of rotatable bonds is 4. The number of hydrogen-bond acceptors (Lipinski definition) is 4. The zero-order valence-electron chi connectivity index (χ0n) is 10.1. The molecule has 2 aromatic rings. The van der Waals surface area contributed by atoms with Crippen LogP contribution in [0.3, 0.4) is 0 Å². The Labute approximate surface area is 105 Å². The number of alkyl halides is 1. The maximum Gasteiger partial charge on any atom is 0.245 e. The highest BCUT2D eigenvalue weighted by Crippen LogP contribution is 2.24. The molecule has 5 nitrogen and oxygen atoms in total. The summed E-state index contributed by atoms with van der Waals surface area (Å²) in [4.78, 5) is 12.9. The molecule has 92 valence electrons. The SMILES string of the molecule is COc1ncnc2c1nc(CCCl)n2C(C)C. The lowest BCUT2D eigenvalue weighted by molar-refractivity contribution is 0.401. The molecule has 0 aromatic carbocycles. The minimum absolute atomic E-state index is 0.276. The van der Waals surface area contributed by atoms with Crippen LogP contribution in [0.25, 0.3) is 11.2 Å². The number of fused-ring (bicyclic) bond motifs is 1. The first-order chi connectivity index (χ1) is 8.19. The van der Waals surface area contributed by atoms with E-state index in [2.05, 4.69) is 33.4 Å². The van der Waals surface area contributed by atoms with Gasteiger partial charge in [-0.05, 0) is 13.8 Å². The van der Waals surface area contributed by atoms with Crippen LogP contribution >= 0.6 is 11.6 Å². The zero-order valence-corrected chi connectivity index (χ0v) is 10.9. The Morgan fingerprint density at radius 1 is 1.41 bits per heavy atom. The van der Waals surface area contributed by atoms with Gasteiger partial charge in [-0.15, -0.1) is 11.6 Å². The lowest BCUT2D eigenvalue weighted by atomic mass is 10.3. The molecular weight excluding hydrogens is 240 g/mol. The van der Waals surface area contributed by atoms with Crippen LogP contribution in [0, 0.1) is 0 Å². The van der Waals surface area contributed by atoms with Crippen molar-refractivity contribution in [1.29, 1.82) is 0 Å². The number of nitrogens with zero attached hydrogens (tertiary/aromatic N) is 4. The topological polar surface area (TPSA) is 52.8 Å². The van der Waals surface area contributed by atoms with Gasteiger partial charge < -0.3 is 9.30 Å². The molecule has 2 aromatic heterocycles. The molecule has 0 aliphatic heterocycles. The van der Waals surface area contributed by atoms with Gasteiger partial charge in [0.2, 0.25) is 5.88 Å². The van der Waals surface area contributed by atoms with E-state index in [0.29, 0.717) is 23.7 Å². The van der Waals surface area contributed by atoms with E-state index in [1.54, 1.807) is 7.11 Å². The summed E-state index contributed by atoms with van der Waals surface area (Å²) in [5, 5.41) is 0. The minimum Gasteiger partial charge on any atom is -0.479 e. The number of imidazole rings is 1. The van der Waals surface area contributed by atoms with E-state index in [1.165, 1.54) is 6.33 Å². The Hall–Kier alpha value is -1.36. The number of hydrogen-bond donors (Lipinski definition) is 0. The summed E-state index contributed by atoms with van der Waals surface area (Å²) in [6.45, 7) is 4.18. The van der Waals surface area contributed by atoms with Gasteiger partial charge in [0, 0.05) is 18.3 Å². The highest BCUT2D eigenvalue weighted by molar-refractivity contribution is 6.17. The van der Waals surface area contributed by atoms with Gasteiger partial charge in [-0.1, -0.05) is 0 Å². The number of aryl methyl sites for hydroxylation is 1. The molecule has 0 unspecified atom stereocenters. The molecule has 2 rings (SSSR count). The van der Waals surface area contributed by atoms with Crippen molar-refractivity contribution in [2.24, 2.45) is 0 Å². The van der Waals surface area contributed by atoms with E-state index in [1.807, 2.05) is 0 Å². The third-order valence-electron chi connectivity index (χ3n) is 2.54. The lowest BCUT2D eigenvalue weighted by Gasteiger charge is -2.11. The summed E-state index contributed by atoms with van der Waals surface area (Å²) >= 11 is 5.79. The van der Waals surface area contributed by atoms with E-state index >= 15 is 0 Å². The summed E-state index contributed by atoms with van der Waals surface area (Å²) in [6.07, 6.45) is 2.20. The summed E-state index contributed by atoms with van der Waals surface area (Å²) < 4.78 is 7.27. The molecule has 17 heavy (non-hydrogen) atoms. The third kappa shape index (κ3) is 2.07. The molecule has 0 atom stereocenters. The molecule has 0 bridgehead atoms. The van der Waals surface area contributed by atoms with Gasteiger partial charge in [0.15, 0.2) is 11.2 Å². The predicted molar refractivity (Wildman–Crippen MR) is 66.7 cm³/mol. The second-order valence-corrected chi connectivity index (χ2v) is 4.36. The maximum atomic E-state index is 5.79. The monoisotopic (exact) mass is 254 g/mol. The molecule has 0 spiro atoms. The van der Waals surface area contributed by atoms with Crippen LogP contribution in [-0.2, 0) is 6.42 Å². The third-order valence-corrected chi connectivity index (χ3v) is 2.73. The van der Waals surface area contributed by atoms with Gasteiger partial charge in [-0.2, -0.15) is 4.98 Å². The Kier molecular flexibility index (Phi) is 3.47. The molecule has 0 N–H and O–H groups in total. The van der Waals surface area contributed by atoms with Crippen LogP contribution < -0.4 is 4.74 Å².